The molecule has 1 fully saturated rings. The number of para-hydroxylation sites is 1. The number of hydrogen-bond donors (Lipinski definition) is 2. The fraction of sp³-hybridized carbons (Fsp3) is 0.182. The first-order valence-electron chi connectivity index (χ1n) is 13.6. The van der Waals surface area contributed by atoms with Crippen LogP contribution in [0, 0.1) is 19.7 Å². The van der Waals surface area contributed by atoms with Gasteiger partial charge in [0.15, 0.2) is 5.11 Å². The van der Waals surface area contributed by atoms with Gasteiger partial charge < -0.3 is 20.1 Å². The molecule has 0 aliphatic carbocycles. The van der Waals surface area contributed by atoms with Crippen molar-refractivity contribution in [1.82, 2.24) is 19.8 Å². The number of thiocarbonyl (C=S) groups is 1. The summed E-state index contributed by atoms with van der Waals surface area (Å²) in [5.74, 6) is -0.384. The largest absolute Gasteiger partial charge is 0.352 e. The molecule has 1 saturated heterocycles. The van der Waals surface area contributed by atoms with Crippen molar-refractivity contribution in [2.75, 3.05) is 11.9 Å². The molecular formula is C33H30FN5OS. The summed E-state index contributed by atoms with van der Waals surface area (Å²) in [6.45, 7) is 4.37. The topological polar surface area (TPSA) is 62.2 Å². The van der Waals surface area contributed by atoms with Gasteiger partial charge in [0.2, 0.25) is 5.91 Å². The summed E-state index contributed by atoms with van der Waals surface area (Å²) < 4.78 is 16.8. The highest BCUT2D eigenvalue weighted by Gasteiger charge is 2.41. The van der Waals surface area contributed by atoms with Crippen molar-refractivity contribution >= 4 is 39.7 Å². The number of nitrogens with one attached hydrogen (secondary N) is 2. The third-order valence-electron chi connectivity index (χ3n) is 7.72. The molecule has 2 aromatic heterocycles. The van der Waals surface area contributed by atoms with Crippen molar-refractivity contribution in [1.29, 1.82) is 0 Å². The Bertz CT molecular complexity index is 1750. The average Bonchev–Trinajstić information content (AvgIpc) is 3.47. The van der Waals surface area contributed by atoms with Gasteiger partial charge in [0.05, 0.1) is 23.5 Å². The number of benzene rings is 3. The van der Waals surface area contributed by atoms with Gasteiger partial charge in [-0.05, 0) is 73.4 Å². The van der Waals surface area contributed by atoms with Crippen molar-refractivity contribution in [2.45, 2.75) is 32.4 Å². The zero-order valence-electron chi connectivity index (χ0n) is 22.8. The molecule has 0 saturated carbocycles. The van der Waals surface area contributed by atoms with Gasteiger partial charge in [-0.15, -0.1) is 0 Å². The molecule has 1 aliphatic heterocycles. The van der Waals surface area contributed by atoms with Crippen LogP contribution in [0.4, 0.5) is 10.1 Å². The van der Waals surface area contributed by atoms with E-state index in [0.717, 1.165) is 39.1 Å². The van der Waals surface area contributed by atoms with Crippen LogP contribution in [0.3, 0.4) is 0 Å². The molecule has 6 nitrogen and oxygen atoms in total. The smallest absolute Gasteiger partial charge is 0.226 e. The molecular weight excluding hydrogens is 533 g/mol. The van der Waals surface area contributed by atoms with Crippen molar-refractivity contribution < 1.29 is 9.18 Å². The van der Waals surface area contributed by atoms with Gasteiger partial charge in [-0.2, -0.15) is 0 Å². The Morgan fingerprint density at radius 3 is 2.56 bits per heavy atom. The van der Waals surface area contributed by atoms with E-state index in [1.807, 2.05) is 85.1 Å². The number of hydrogen-bond acceptors (Lipinski definition) is 3. The standard InChI is InChI=1S/C33H30FN5OS/c1-21-20-25(22(2)39(21)29-16-6-5-13-26(29)34)32-31(28-14-7-8-18-35-28)37-33(41)38(32)19-17-30(40)36-27-15-9-11-23-10-3-4-12-24(23)27/h3-16,18,20,31-32H,17,19H2,1-2H3,(H,36,40)(H,37,41)/t31-,32+/m0/s1. The van der Waals surface area contributed by atoms with E-state index in [1.54, 1.807) is 18.3 Å². The summed E-state index contributed by atoms with van der Waals surface area (Å²) in [5.41, 5.74) is 4.95. The lowest BCUT2D eigenvalue weighted by atomic mass is 9.96. The summed E-state index contributed by atoms with van der Waals surface area (Å²) in [6, 6.07) is 28.0. The molecule has 3 heterocycles. The van der Waals surface area contributed by atoms with E-state index in [2.05, 4.69) is 26.6 Å². The molecule has 1 aliphatic rings. The lowest BCUT2D eigenvalue weighted by molar-refractivity contribution is -0.116. The number of aryl methyl sites for hydroxylation is 1. The van der Waals surface area contributed by atoms with E-state index >= 15 is 0 Å². The number of pyridine rings is 1. The number of amides is 1. The second kappa shape index (κ2) is 11.1. The van der Waals surface area contributed by atoms with Gasteiger partial charge in [0.25, 0.3) is 0 Å². The highest BCUT2D eigenvalue weighted by molar-refractivity contribution is 7.80. The summed E-state index contributed by atoms with van der Waals surface area (Å²) in [6.07, 6.45) is 2.00. The predicted octanol–water partition coefficient (Wildman–Crippen LogP) is 6.78. The second-order valence-electron chi connectivity index (χ2n) is 10.3. The van der Waals surface area contributed by atoms with Crippen LogP contribution in [0.1, 0.15) is 41.1 Å². The molecule has 0 bridgehead atoms. The summed E-state index contributed by atoms with van der Waals surface area (Å²) in [7, 11) is 0. The first-order valence-corrected chi connectivity index (χ1v) is 14.0. The fourth-order valence-electron chi connectivity index (χ4n) is 5.84. The zero-order chi connectivity index (χ0) is 28.5. The molecule has 2 N–H and O–H groups in total. The van der Waals surface area contributed by atoms with Crippen LogP contribution in [0.15, 0.2) is 97.2 Å². The van der Waals surface area contributed by atoms with Crippen LogP contribution in [-0.4, -0.2) is 32.0 Å². The van der Waals surface area contributed by atoms with Crippen LogP contribution in [0.2, 0.25) is 0 Å². The van der Waals surface area contributed by atoms with Crippen LogP contribution < -0.4 is 10.6 Å². The number of rotatable bonds is 7. The lowest BCUT2D eigenvalue weighted by Crippen LogP contribution is -2.33. The lowest BCUT2D eigenvalue weighted by Gasteiger charge is -2.28. The molecule has 3 aromatic carbocycles. The van der Waals surface area contributed by atoms with Gasteiger partial charge in [0, 0.05) is 41.6 Å². The molecule has 0 spiro atoms. The van der Waals surface area contributed by atoms with Gasteiger partial charge in [-0.1, -0.05) is 54.6 Å². The highest BCUT2D eigenvalue weighted by Crippen LogP contribution is 2.41. The molecule has 41 heavy (non-hydrogen) atoms. The summed E-state index contributed by atoms with van der Waals surface area (Å²) in [5, 5.41) is 9.16. The van der Waals surface area contributed by atoms with E-state index < -0.39 is 0 Å². The molecule has 2 atom stereocenters. The first-order chi connectivity index (χ1) is 19.9. The van der Waals surface area contributed by atoms with E-state index in [-0.39, 0.29) is 30.2 Å². The zero-order valence-corrected chi connectivity index (χ0v) is 23.7. The number of fused-ring (bicyclic) bond motifs is 1. The van der Waals surface area contributed by atoms with Crippen LogP contribution in [0.5, 0.6) is 0 Å². The Morgan fingerprint density at radius 1 is 1.00 bits per heavy atom. The summed E-state index contributed by atoms with van der Waals surface area (Å²) in [4.78, 5) is 19.9. The Kier molecular flexibility index (Phi) is 7.24. The number of anilines is 1. The maximum atomic E-state index is 14.9. The monoisotopic (exact) mass is 563 g/mol. The number of aromatic nitrogens is 2. The Morgan fingerprint density at radius 2 is 1.76 bits per heavy atom. The number of nitrogens with zero attached hydrogens (tertiary/aromatic N) is 3. The molecule has 6 rings (SSSR count). The van der Waals surface area contributed by atoms with E-state index in [9.17, 15) is 9.18 Å². The molecule has 0 unspecified atom stereocenters. The fourth-order valence-corrected chi connectivity index (χ4v) is 6.18. The maximum absolute atomic E-state index is 14.9. The third kappa shape index (κ3) is 5.07. The van der Waals surface area contributed by atoms with Gasteiger partial charge in [-0.25, -0.2) is 4.39 Å². The quantitative estimate of drug-likeness (QED) is 0.214. The van der Waals surface area contributed by atoms with Crippen molar-refractivity contribution in [3.63, 3.8) is 0 Å². The van der Waals surface area contributed by atoms with Crippen molar-refractivity contribution in [3.8, 4) is 5.69 Å². The van der Waals surface area contributed by atoms with Crippen LogP contribution in [-0.2, 0) is 4.79 Å². The second-order valence-corrected chi connectivity index (χ2v) is 10.6. The minimum Gasteiger partial charge on any atom is -0.352 e. The minimum atomic E-state index is -0.288. The molecule has 0 radical (unpaired) electrons. The SMILES string of the molecule is Cc1cc([C@@H]2[C@H](c3ccccn3)NC(=S)N2CCC(=O)Nc2cccc3ccccc23)c(C)n1-c1ccccc1F. The number of carbonyl (C=O) groups excluding carboxylic acids is 1. The van der Waals surface area contributed by atoms with Gasteiger partial charge in [-0.3, -0.25) is 9.78 Å². The highest BCUT2D eigenvalue weighted by atomic mass is 32.1. The average molecular weight is 564 g/mol. The van der Waals surface area contributed by atoms with E-state index in [0.29, 0.717) is 17.3 Å². The Hall–Kier alpha value is -4.56. The van der Waals surface area contributed by atoms with Crippen LogP contribution >= 0.6 is 12.2 Å². The molecule has 5 aromatic rings. The van der Waals surface area contributed by atoms with E-state index in [4.69, 9.17) is 12.2 Å². The van der Waals surface area contributed by atoms with Crippen LogP contribution in [0.25, 0.3) is 16.5 Å². The Balaban J connectivity index is 1.32. The van der Waals surface area contributed by atoms with Crippen molar-refractivity contribution in [3.05, 3.63) is 126 Å². The number of halogens is 1. The molecule has 8 heteroatoms. The van der Waals surface area contributed by atoms with E-state index in [1.165, 1.54) is 6.07 Å². The van der Waals surface area contributed by atoms with Gasteiger partial charge in [0.1, 0.15) is 5.82 Å². The maximum Gasteiger partial charge on any atom is 0.226 e. The molecule has 206 valence electrons. The Labute approximate surface area is 243 Å². The number of carbonyl (C=O) groups is 1. The minimum absolute atomic E-state index is 0.0963. The van der Waals surface area contributed by atoms with Crippen molar-refractivity contribution in [2.24, 2.45) is 0 Å². The molecule has 1 amide bonds. The summed E-state index contributed by atoms with van der Waals surface area (Å²) >= 11 is 5.83. The first kappa shape index (κ1) is 26.7. The normalized spacial score (nSPS) is 16.7. The third-order valence-corrected chi connectivity index (χ3v) is 8.08. The predicted molar refractivity (Wildman–Crippen MR) is 165 cm³/mol. The van der Waals surface area contributed by atoms with Gasteiger partial charge >= 0.3 is 0 Å².